The lowest BCUT2D eigenvalue weighted by Gasteiger charge is -2.39. The Morgan fingerprint density at radius 3 is 2.46 bits per heavy atom. The molecule has 0 radical (unpaired) electrons. The number of nitrogens with zero attached hydrogens (tertiary/aromatic N) is 1. The van der Waals surface area contributed by atoms with E-state index in [2.05, 4.69) is 4.99 Å². The summed E-state index contributed by atoms with van der Waals surface area (Å²) in [5, 5.41) is 42.1. The van der Waals surface area contributed by atoms with Crippen LogP contribution in [0.4, 0.5) is 0 Å². The number of ether oxygens (including phenoxy) is 3. The number of hydrogen-bond acceptors (Lipinski definition) is 11. The zero-order valence-electron chi connectivity index (χ0n) is 21.4. The van der Waals surface area contributed by atoms with E-state index in [4.69, 9.17) is 14.2 Å². The first-order valence-corrected chi connectivity index (χ1v) is 12.3. The van der Waals surface area contributed by atoms with Gasteiger partial charge in [0.25, 0.3) is 0 Å². The number of aliphatic hydroxyl groups excluding tert-OH is 3. The van der Waals surface area contributed by atoms with Crippen LogP contribution >= 0.6 is 0 Å². The van der Waals surface area contributed by atoms with Crippen molar-refractivity contribution in [1.82, 2.24) is 0 Å². The lowest BCUT2D eigenvalue weighted by atomic mass is 9.78. The summed E-state index contributed by atoms with van der Waals surface area (Å²) in [6.45, 7) is 4.62. The van der Waals surface area contributed by atoms with Gasteiger partial charge in [0.1, 0.15) is 35.6 Å². The number of phenols is 1. The van der Waals surface area contributed by atoms with Gasteiger partial charge in [0.2, 0.25) is 6.29 Å². The number of benzene rings is 2. The molecule has 0 saturated carbocycles. The largest absolute Gasteiger partial charge is 0.507 e. The number of aliphatic hydroxyl groups is 3. The van der Waals surface area contributed by atoms with Crippen LogP contribution in [-0.2, 0) is 16.0 Å². The zero-order valence-corrected chi connectivity index (χ0v) is 21.4. The van der Waals surface area contributed by atoms with E-state index in [0.29, 0.717) is 6.54 Å². The topological polar surface area (TPSA) is 172 Å². The molecule has 0 bridgehead atoms. The first-order valence-electron chi connectivity index (χ1n) is 12.3. The molecule has 0 aromatic heterocycles. The molecule has 4 N–H and O–H groups in total. The van der Waals surface area contributed by atoms with Gasteiger partial charge in [-0.1, -0.05) is 6.08 Å². The fourth-order valence-electron chi connectivity index (χ4n) is 5.05. The molecular weight excluding hydrogens is 510 g/mol. The minimum absolute atomic E-state index is 0.0168. The maximum Gasteiger partial charge on any atom is 0.308 e. The van der Waals surface area contributed by atoms with Crippen LogP contribution in [0.2, 0.25) is 0 Å². The second kappa shape index (κ2) is 10.0. The molecule has 5 rings (SSSR count). The molecular formula is C28H27NO10. The Morgan fingerprint density at radius 2 is 1.79 bits per heavy atom. The van der Waals surface area contributed by atoms with Crippen LogP contribution in [0, 0.1) is 6.92 Å². The van der Waals surface area contributed by atoms with Gasteiger partial charge in [0.05, 0.1) is 18.2 Å². The summed E-state index contributed by atoms with van der Waals surface area (Å²) in [4.78, 5) is 43.2. The van der Waals surface area contributed by atoms with E-state index in [9.17, 15) is 34.8 Å². The maximum absolute atomic E-state index is 13.9. The molecule has 204 valence electrons. The van der Waals surface area contributed by atoms with Crippen LogP contribution in [0.15, 0.2) is 34.8 Å². The molecule has 11 nitrogen and oxygen atoms in total. The summed E-state index contributed by atoms with van der Waals surface area (Å²) in [6, 6.07) is 4.05. The van der Waals surface area contributed by atoms with Crippen LogP contribution in [0.1, 0.15) is 56.8 Å². The predicted octanol–water partition coefficient (Wildman–Crippen LogP) is 1.16. The number of fused-ring (bicyclic) bond motifs is 2. The van der Waals surface area contributed by atoms with Crippen LogP contribution in [0.3, 0.4) is 0 Å². The van der Waals surface area contributed by atoms with Crippen molar-refractivity contribution in [3.63, 3.8) is 0 Å². The van der Waals surface area contributed by atoms with E-state index >= 15 is 0 Å². The minimum atomic E-state index is -1.65. The number of rotatable bonds is 5. The lowest BCUT2D eigenvalue weighted by molar-refractivity contribution is -0.268. The third-order valence-corrected chi connectivity index (χ3v) is 7.09. The van der Waals surface area contributed by atoms with E-state index in [0.717, 1.165) is 5.57 Å². The monoisotopic (exact) mass is 537 g/mol. The number of aliphatic imine (C=N–C) groups is 1. The number of allylic oxidation sites excluding steroid dienone is 1. The van der Waals surface area contributed by atoms with E-state index in [-0.39, 0.29) is 51.3 Å². The summed E-state index contributed by atoms with van der Waals surface area (Å²) >= 11 is 0. The maximum atomic E-state index is 13.9. The molecule has 0 spiro atoms. The standard InChI is InChI=1S/C28H27NO10/c1-11-21(31)20-19(24(34)17-9-15(38-13(3)30)4-5-16(17)23(20)33)18(8-14-6-7-29-10-14)27(11)39-28-26(36)25(35)22(32)12(2)37-28/h4-6,9-10,12,22,25-26,28,31-32,35-36H,7-8H2,1-3H3. The lowest BCUT2D eigenvalue weighted by Crippen LogP contribution is -2.58. The summed E-state index contributed by atoms with van der Waals surface area (Å²) in [6.07, 6.45) is -3.42. The van der Waals surface area contributed by atoms with Crippen molar-refractivity contribution in [1.29, 1.82) is 0 Å². The van der Waals surface area contributed by atoms with E-state index in [1.165, 1.54) is 39.0 Å². The number of esters is 1. The first-order chi connectivity index (χ1) is 18.5. The third kappa shape index (κ3) is 4.53. The quantitative estimate of drug-likeness (QED) is 0.273. The third-order valence-electron chi connectivity index (χ3n) is 7.09. The first kappa shape index (κ1) is 26.7. The van der Waals surface area contributed by atoms with Gasteiger partial charge in [0, 0.05) is 47.4 Å². The highest BCUT2D eigenvalue weighted by Gasteiger charge is 2.45. The molecule has 0 amide bonds. The second-order valence-corrected chi connectivity index (χ2v) is 9.74. The van der Waals surface area contributed by atoms with Crippen LogP contribution < -0.4 is 9.47 Å². The molecule has 1 aliphatic carbocycles. The average Bonchev–Trinajstić information content (AvgIpc) is 3.41. The minimum Gasteiger partial charge on any atom is -0.507 e. The van der Waals surface area contributed by atoms with Crippen LogP contribution in [0.25, 0.3) is 0 Å². The van der Waals surface area contributed by atoms with Crippen LogP contribution in [0.5, 0.6) is 17.2 Å². The van der Waals surface area contributed by atoms with Crippen LogP contribution in [-0.4, -0.2) is 81.4 Å². The van der Waals surface area contributed by atoms with Gasteiger partial charge in [-0.05, 0) is 37.6 Å². The number of carbonyl (C=O) groups is 3. The smallest absolute Gasteiger partial charge is 0.308 e. The molecule has 2 heterocycles. The highest BCUT2D eigenvalue weighted by Crippen LogP contribution is 2.45. The van der Waals surface area contributed by atoms with E-state index in [1.54, 1.807) is 6.21 Å². The van der Waals surface area contributed by atoms with Crippen molar-refractivity contribution in [2.24, 2.45) is 4.99 Å². The number of hydrogen-bond donors (Lipinski definition) is 4. The van der Waals surface area contributed by atoms with Gasteiger partial charge in [-0.15, -0.1) is 0 Å². The molecule has 11 heteroatoms. The number of phenolic OH excluding ortho intramolecular Hbond substituents is 1. The fraction of sp³-hybridized carbons (Fsp3) is 0.357. The van der Waals surface area contributed by atoms with Crippen molar-refractivity contribution in [3.05, 3.63) is 63.2 Å². The molecule has 5 atom stereocenters. The summed E-state index contributed by atoms with van der Waals surface area (Å²) < 4.78 is 16.7. The van der Waals surface area contributed by atoms with Crippen molar-refractivity contribution < 1.29 is 49.0 Å². The number of carbonyl (C=O) groups excluding carboxylic acids is 3. The molecule has 2 aromatic rings. The van der Waals surface area contributed by atoms with E-state index < -0.39 is 54.0 Å². The highest BCUT2D eigenvalue weighted by atomic mass is 16.7. The van der Waals surface area contributed by atoms with Gasteiger partial charge in [0.15, 0.2) is 11.6 Å². The molecule has 1 saturated heterocycles. The normalized spacial score (nSPS) is 25.7. The van der Waals surface area contributed by atoms with Gasteiger partial charge in [-0.3, -0.25) is 19.4 Å². The Kier molecular flexibility index (Phi) is 6.85. The molecule has 39 heavy (non-hydrogen) atoms. The number of ketones is 2. The predicted molar refractivity (Wildman–Crippen MR) is 136 cm³/mol. The number of aromatic hydroxyl groups is 1. The molecule has 2 aromatic carbocycles. The van der Waals surface area contributed by atoms with Gasteiger partial charge < -0.3 is 34.6 Å². The Balaban J connectivity index is 1.68. The fourth-order valence-corrected chi connectivity index (χ4v) is 5.05. The summed E-state index contributed by atoms with van der Waals surface area (Å²) in [5.74, 6) is -2.23. The molecule has 5 unspecified atom stereocenters. The van der Waals surface area contributed by atoms with Gasteiger partial charge in [-0.25, -0.2) is 0 Å². The Morgan fingerprint density at radius 1 is 1.08 bits per heavy atom. The average molecular weight is 538 g/mol. The molecule has 2 aliphatic heterocycles. The Bertz CT molecular complexity index is 1460. The SMILES string of the molecule is CC(=O)Oc1ccc2c(c1)C(=O)c1c(CC3=CCN=C3)c(OC3OC(C)C(O)C(O)C3O)c(C)c(O)c1C2=O. The summed E-state index contributed by atoms with van der Waals surface area (Å²) in [7, 11) is 0. The van der Waals surface area contributed by atoms with E-state index in [1.807, 2.05) is 6.08 Å². The van der Waals surface area contributed by atoms with Crippen molar-refractivity contribution in [3.8, 4) is 17.2 Å². The second-order valence-electron chi connectivity index (χ2n) is 9.74. The Hall–Kier alpha value is -3.90. The molecule has 1 fully saturated rings. The zero-order chi connectivity index (χ0) is 28.2. The summed E-state index contributed by atoms with van der Waals surface area (Å²) in [5.41, 5.74) is 0.798. The van der Waals surface area contributed by atoms with Gasteiger partial charge in [-0.2, -0.15) is 0 Å². The van der Waals surface area contributed by atoms with Crippen molar-refractivity contribution in [2.75, 3.05) is 6.54 Å². The molecule has 3 aliphatic rings. The Labute approximate surface area is 223 Å². The van der Waals surface area contributed by atoms with Crippen molar-refractivity contribution >= 4 is 23.8 Å². The highest BCUT2D eigenvalue weighted by molar-refractivity contribution is 6.30. The van der Waals surface area contributed by atoms with Gasteiger partial charge >= 0.3 is 5.97 Å². The van der Waals surface area contributed by atoms with Crippen molar-refractivity contribution in [2.45, 2.75) is 57.9 Å².